The molecule has 0 N–H and O–H groups in total. The second-order valence-corrected chi connectivity index (χ2v) is 23.9. The molecule has 0 fully saturated rings. The predicted octanol–water partition coefficient (Wildman–Crippen LogP) is 10.4. The lowest BCUT2D eigenvalue weighted by Crippen LogP contribution is -2.51. The first-order chi connectivity index (χ1) is 17.9. The third-order valence-corrected chi connectivity index (χ3v) is 19.3. The SMILES string of the molecule is CCOC(=O)/C=C/CC[C@@H](C)C(C/C(C)=C/C=C/CCO[Si](C)(C)C(C)(C)C)O[Si](C(C)C)(C(C)C)C(C)C. The monoisotopic (exact) mass is 580 g/mol. The van der Waals surface area contributed by atoms with Crippen LogP contribution in [0.2, 0.25) is 34.8 Å². The highest BCUT2D eigenvalue weighted by Crippen LogP contribution is 2.44. The third kappa shape index (κ3) is 13.0. The summed E-state index contributed by atoms with van der Waals surface area (Å²) >= 11 is 0. The Morgan fingerprint density at radius 2 is 1.46 bits per heavy atom. The highest BCUT2D eigenvalue weighted by Gasteiger charge is 2.47. The van der Waals surface area contributed by atoms with Gasteiger partial charge >= 0.3 is 5.97 Å². The fourth-order valence-electron chi connectivity index (χ4n) is 5.26. The lowest BCUT2D eigenvalue weighted by atomic mass is 9.94. The van der Waals surface area contributed by atoms with Gasteiger partial charge in [0.2, 0.25) is 8.32 Å². The Hall–Kier alpha value is -0.956. The summed E-state index contributed by atoms with van der Waals surface area (Å²) in [6.45, 7) is 33.2. The van der Waals surface area contributed by atoms with Gasteiger partial charge in [-0.3, -0.25) is 0 Å². The second kappa shape index (κ2) is 17.8. The van der Waals surface area contributed by atoms with Crippen LogP contribution in [0.3, 0.4) is 0 Å². The molecule has 39 heavy (non-hydrogen) atoms. The summed E-state index contributed by atoms with van der Waals surface area (Å²) in [6, 6.07) is 0. The molecule has 0 amide bonds. The molecule has 0 aliphatic carbocycles. The summed E-state index contributed by atoms with van der Waals surface area (Å²) in [6.07, 6.45) is 14.0. The summed E-state index contributed by atoms with van der Waals surface area (Å²) in [5.41, 5.74) is 2.97. The first kappa shape index (κ1) is 38.0. The van der Waals surface area contributed by atoms with Crippen molar-refractivity contribution < 1.29 is 18.4 Å². The van der Waals surface area contributed by atoms with Gasteiger partial charge in [0.25, 0.3) is 0 Å². The van der Waals surface area contributed by atoms with Crippen molar-refractivity contribution in [2.24, 2.45) is 5.92 Å². The minimum atomic E-state index is -2.03. The molecular formula is C33H64O4Si2. The van der Waals surface area contributed by atoms with Crippen molar-refractivity contribution in [1.82, 2.24) is 0 Å². The molecule has 0 bridgehead atoms. The molecule has 0 spiro atoms. The third-order valence-electron chi connectivity index (χ3n) is 8.62. The van der Waals surface area contributed by atoms with Crippen LogP contribution < -0.4 is 0 Å². The zero-order chi connectivity index (χ0) is 30.4. The van der Waals surface area contributed by atoms with Gasteiger partial charge in [-0.25, -0.2) is 4.79 Å². The van der Waals surface area contributed by atoms with Crippen molar-refractivity contribution in [3.63, 3.8) is 0 Å². The Morgan fingerprint density at radius 1 is 0.897 bits per heavy atom. The lowest BCUT2D eigenvalue weighted by molar-refractivity contribution is -0.137. The number of hydrogen-bond donors (Lipinski definition) is 0. The maximum atomic E-state index is 11.7. The molecule has 4 nitrogen and oxygen atoms in total. The van der Waals surface area contributed by atoms with Crippen LogP contribution in [0.25, 0.3) is 0 Å². The first-order valence-electron chi connectivity index (χ1n) is 15.4. The van der Waals surface area contributed by atoms with E-state index >= 15 is 0 Å². The van der Waals surface area contributed by atoms with E-state index in [4.69, 9.17) is 13.6 Å². The van der Waals surface area contributed by atoms with Gasteiger partial charge in [-0.15, -0.1) is 0 Å². The zero-order valence-corrected chi connectivity index (χ0v) is 30.1. The van der Waals surface area contributed by atoms with Gasteiger partial charge in [0.1, 0.15) is 0 Å². The molecule has 0 aliphatic heterocycles. The van der Waals surface area contributed by atoms with Crippen LogP contribution in [0.15, 0.2) is 36.0 Å². The van der Waals surface area contributed by atoms with E-state index < -0.39 is 16.6 Å². The molecule has 0 rings (SSSR count). The number of hydrogen-bond acceptors (Lipinski definition) is 4. The maximum absolute atomic E-state index is 11.7. The van der Waals surface area contributed by atoms with Gasteiger partial charge in [-0.2, -0.15) is 0 Å². The Balaban J connectivity index is 5.55. The standard InChI is InChI=1S/C33H64O4Si2/c1-15-35-32(34)23-19-18-22-30(9)31(37-39(26(2)3,27(4)5)28(6)7)25-29(8)21-17-16-20-24-36-38(13,14)33(10,11)12/h16-17,19,21,23,26-28,30-31H,15,18,20,22,24-25H2,1-14H3/b17-16+,23-19+,29-21+/t30-,31?/m1/s1. The fraction of sp³-hybridized carbons (Fsp3) is 0.788. The number of rotatable bonds is 18. The van der Waals surface area contributed by atoms with Crippen molar-refractivity contribution >= 4 is 22.6 Å². The van der Waals surface area contributed by atoms with E-state index in [1.165, 1.54) is 5.57 Å². The summed E-state index contributed by atoms with van der Waals surface area (Å²) in [5, 5.41) is 0.244. The van der Waals surface area contributed by atoms with Gasteiger partial charge in [-0.05, 0) is 80.2 Å². The van der Waals surface area contributed by atoms with Crippen LogP contribution in [0, 0.1) is 5.92 Å². The smallest absolute Gasteiger partial charge is 0.330 e. The molecule has 0 heterocycles. The van der Waals surface area contributed by atoms with Crippen molar-refractivity contribution in [1.29, 1.82) is 0 Å². The topological polar surface area (TPSA) is 44.8 Å². The van der Waals surface area contributed by atoms with E-state index in [9.17, 15) is 4.79 Å². The Kier molecular flexibility index (Phi) is 17.3. The predicted molar refractivity (Wildman–Crippen MR) is 175 cm³/mol. The quantitative estimate of drug-likeness (QED) is 0.0532. The van der Waals surface area contributed by atoms with Crippen LogP contribution in [-0.2, 0) is 18.4 Å². The van der Waals surface area contributed by atoms with Gasteiger partial charge in [0, 0.05) is 12.7 Å². The molecule has 0 saturated heterocycles. The molecule has 0 aromatic rings. The van der Waals surface area contributed by atoms with Crippen molar-refractivity contribution in [3.8, 4) is 0 Å². The molecule has 0 aromatic heterocycles. The highest BCUT2D eigenvalue weighted by atomic mass is 28.4. The molecule has 0 aliphatic rings. The average molecular weight is 581 g/mol. The van der Waals surface area contributed by atoms with E-state index in [1.807, 2.05) is 13.0 Å². The van der Waals surface area contributed by atoms with E-state index in [2.05, 4.69) is 107 Å². The fourth-order valence-corrected chi connectivity index (χ4v) is 12.0. The van der Waals surface area contributed by atoms with E-state index in [0.717, 1.165) is 32.3 Å². The summed E-state index contributed by atoms with van der Waals surface area (Å²) in [7, 11) is -3.72. The van der Waals surface area contributed by atoms with E-state index in [0.29, 0.717) is 29.1 Å². The van der Waals surface area contributed by atoms with Crippen LogP contribution in [0.1, 0.15) is 109 Å². The van der Waals surface area contributed by atoms with E-state index in [1.54, 1.807) is 6.08 Å². The lowest BCUT2D eigenvalue weighted by Gasteiger charge is -2.46. The van der Waals surface area contributed by atoms with Crippen molar-refractivity contribution in [2.45, 2.75) is 150 Å². The second-order valence-electron chi connectivity index (χ2n) is 13.7. The Labute approximate surface area is 245 Å². The summed E-state index contributed by atoms with van der Waals surface area (Å²) in [5.74, 6) is 0.120. The Bertz CT molecular complexity index is 766. The molecule has 228 valence electrons. The normalized spacial score (nSPS) is 15.8. The van der Waals surface area contributed by atoms with Crippen LogP contribution in [0.4, 0.5) is 0 Å². The number of allylic oxidation sites excluding steroid dienone is 3. The molecule has 0 saturated carbocycles. The molecular weight excluding hydrogens is 517 g/mol. The van der Waals surface area contributed by atoms with E-state index in [-0.39, 0.29) is 17.1 Å². The van der Waals surface area contributed by atoms with Crippen LogP contribution in [0.5, 0.6) is 0 Å². The van der Waals surface area contributed by atoms with Gasteiger partial charge in [0.15, 0.2) is 8.32 Å². The number of carbonyl (C=O) groups excluding carboxylic acids is 1. The molecule has 1 unspecified atom stereocenters. The zero-order valence-electron chi connectivity index (χ0n) is 28.1. The Morgan fingerprint density at radius 3 is 1.95 bits per heavy atom. The van der Waals surface area contributed by atoms with Crippen LogP contribution in [-0.4, -0.2) is 41.9 Å². The molecule has 0 radical (unpaired) electrons. The summed E-state index contributed by atoms with van der Waals surface area (Å²) in [4.78, 5) is 11.7. The van der Waals surface area contributed by atoms with Crippen molar-refractivity contribution in [3.05, 3.63) is 36.0 Å². The summed E-state index contributed by atoms with van der Waals surface area (Å²) < 4.78 is 18.7. The van der Waals surface area contributed by atoms with Crippen molar-refractivity contribution in [2.75, 3.05) is 13.2 Å². The van der Waals surface area contributed by atoms with Gasteiger partial charge in [0.05, 0.1) is 12.7 Å². The largest absolute Gasteiger partial charge is 0.463 e. The minimum Gasteiger partial charge on any atom is -0.463 e. The van der Waals surface area contributed by atoms with Crippen LogP contribution >= 0.6 is 0 Å². The molecule has 6 heteroatoms. The highest BCUT2D eigenvalue weighted by molar-refractivity contribution is 6.77. The number of carbonyl (C=O) groups is 1. The average Bonchev–Trinajstić information content (AvgIpc) is 2.80. The molecule has 0 aromatic carbocycles. The molecule has 2 atom stereocenters. The first-order valence-corrected chi connectivity index (χ1v) is 20.4. The maximum Gasteiger partial charge on any atom is 0.330 e. The van der Waals surface area contributed by atoms with Gasteiger partial charge in [-0.1, -0.05) is 99.1 Å². The number of ether oxygens (including phenoxy) is 1. The number of esters is 1. The van der Waals surface area contributed by atoms with Gasteiger partial charge < -0.3 is 13.6 Å². The minimum absolute atomic E-state index is 0.159.